The van der Waals surface area contributed by atoms with Gasteiger partial charge in [-0.2, -0.15) is 0 Å². The minimum atomic E-state index is -1.30. The average Bonchev–Trinajstić information content (AvgIpc) is 3.55. The molecule has 0 bridgehead atoms. The highest BCUT2D eigenvalue weighted by molar-refractivity contribution is 5.99. The molecule has 0 saturated carbocycles. The number of rotatable bonds is 32. The first-order valence-electron chi connectivity index (χ1n) is 30.8. The standard InChI is InChI=1S/C68H89N7O14/c1-39(2)52(62(69)84)38-59(82)61(40(3)4)73-65(87)55-11-9-29-74(55)67(89)56-12-10-30-75(56)66(88)47(33-43-15-23-49(77)24-16-43)36-58(81)54(35-45-19-27-51(79)28-20-45)71-63(85)41(5)31-57(80)53(34-44-17-25-50(78)26-18-44)72-64(86)46(37-60(83)68(6,7)70-8)32-42-13-21-48(76)22-14-42/h13-28,39-41,46-47,52-56,61,70,76-79H,9-12,29-38H2,1-8H3,(H2,69,84)(H,71,85)(H,72,86)(H,73,87)/t41-,46-,47-,52+,53+,54+,55+,56+,61+/m1/s1. The van der Waals surface area contributed by atoms with Crippen molar-refractivity contribution in [2.45, 2.75) is 161 Å². The number of phenolic OH excluding ortho intramolecular Hbond substituents is 4. The Morgan fingerprint density at radius 1 is 0.517 bits per heavy atom. The molecule has 480 valence electrons. The molecule has 4 aromatic carbocycles. The number of aromatic hydroxyl groups is 4. The first-order chi connectivity index (χ1) is 42.0. The normalized spacial score (nSPS) is 17.4. The molecular weight excluding hydrogens is 1140 g/mol. The smallest absolute Gasteiger partial charge is 0.246 e. The summed E-state index contributed by atoms with van der Waals surface area (Å²) in [5.74, 6) is -9.85. The van der Waals surface area contributed by atoms with Crippen LogP contribution >= 0.6 is 0 Å². The van der Waals surface area contributed by atoms with E-state index in [9.17, 15) is 58.8 Å². The third-order valence-electron chi connectivity index (χ3n) is 17.4. The van der Waals surface area contributed by atoms with Gasteiger partial charge in [0.25, 0.3) is 0 Å². The van der Waals surface area contributed by atoms with E-state index < -0.39 is 119 Å². The number of benzene rings is 4. The predicted molar refractivity (Wildman–Crippen MR) is 333 cm³/mol. The second-order valence-electron chi connectivity index (χ2n) is 25.3. The summed E-state index contributed by atoms with van der Waals surface area (Å²) in [4.78, 5) is 145. The van der Waals surface area contributed by atoms with Crippen LogP contribution in [0.3, 0.4) is 0 Å². The van der Waals surface area contributed by atoms with Crippen LogP contribution in [0.5, 0.6) is 23.0 Å². The maximum absolute atomic E-state index is 15.2. The van der Waals surface area contributed by atoms with Crippen LogP contribution in [0.4, 0.5) is 0 Å². The van der Waals surface area contributed by atoms with Crippen molar-refractivity contribution in [3.05, 3.63) is 119 Å². The Labute approximate surface area is 520 Å². The van der Waals surface area contributed by atoms with Crippen molar-refractivity contribution in [2.24, 2.45) is 41.2 Å². The monoisotopic (exact) mass is 1230 g/mol. The van der Waals surface area contributed by atoms with Gasteiger partial charge in [0, 0.05) is 62.4 Å². The van der Waals surface area contributed by atoms with Crippen LogP contribution in [0.15, 0.2) is 97.1 Å². The van der Waals surface area contributed by atoms with Crippen LogP contribution in [0.1, 0.15) is 122 Å². The minimum Gasteiger partial charge on any atom is -0.508 e. The number of nitrogens with one attached hydrogen (secondary N) is 4. The fourth-order valence-electron chi connectivity index (χ4n) is 11.6. The van der Waals surface area contributed by atoms with Gasteiger partial charge in [-0.15, -0.1) is 0 Å². The fourth-order valence-corrected chi connectivity index (χ4v) is 11.6. The number of primary amides is 1. The number of likely N-dealkylation sites (N-methyl/N-ethyl adjacent to an activating group) is 1. The molecule has 6 amide bonds. The molecule has 2 fully saturated rings. The maximum atomic E-state index is 15.2. The molecule has 2 saturated heterocycles. The van der Waals surface area contributed by atoms with Gasteiger partial charge in [-0.25, -0.2) is 0 Å². The van der Waals surface area contributed by atoms with Gasteiger partial charge in [0.05, 0.1) is 23.7 Å². The van der Waals surface area contributed by atoms with Crippen molar-refractivity contribution in [2.75, 3.05) is 20.1 Å². The zero-order valence-corrected chi connectivity index (χ0v) is 52.3. The van der Waals surface area contributed by atoms with E-state index in [0.717, 1.165) is 0 Å². The summed E-state index contributed by atoms with van der Waals surface area (Å²) in [5.41, 5.74) is 6.95. The lowest BCUT2D eigenvalue weighted by Crippen LogP contribution is -2.56. The van der Waals surface area contributed by atoms with E-state index in [-0.39, 0.29) is 104 Å². The number of likely N-dealkylation sites (tertiary alicyclic amines) is 2. The third kappa shape index (κ3) is 19.5. The zero-order valence-electron chi connectivity index (χ0n) is 52.3. The number of ketones is 4. The molecule has 0 aromatic heterocycles. The lowest BCUT2D eigenvalue weighted by Gasteiger charge is -2.34. The first kappa shape index (κ1) is 69.6. The molecule has 0 unspecified atom stereocenters. The summed E-state index contributed by atoms with van der Waals surface area (Å²) < 4.78 is 0. The molecule has 0 aliphatic carbocycles. The second kappa shape index (κ2) is 31.6. The zero-order chi connectivity index (χ0) is 65.4. The van der Waals surface area contributed by atoms with E-state index in [1.807, 2.05) is 0 Å². The quantitative estimate of drug-likeness (QED) is 0.0298. The van der Waals surface area contributed by atoms with Crippen LogP contribution < -0.4 is 27.0 Å². The van der Waals surface area contributed by atoms with E-state index >= 15 is 9.59 Å². The van der Waals surface area contributed by atoms with Crippen LogP contribution in [0.25, 0.3) is 0 Å². The molecule has 10 N–H and O–H groups in total. The molecule has 21 nitrogen and oxygen atoms in total. The second-order valence-corrected chi connectivity index (χ2v) is 25.3. The van der Waals surface area contributed by atoms with Gasteiger partial charge < -0.3 is 57.2 Å². The Morgan fingerprint density at radius 3 is 1.39 bits per heavy atom. The summed E-state index contributed by atoms with van der Waals surface area (Å²) >= 11 is 0. The Morgan fingerprint density at radius 2 is 0.944 bits per heavy atom. The van der Waals surface area contributed by atoms with Crippen molar-refractivity contribution in [3.63, 3.8) is 0 Å². The molecule has 2 heterocycles. The van der Waals surface area contributed by atoms with Crippen molar-refractivity contribution in [3.8, 4) is 23.0 Å². The van der Waals surface area contributed by atoms with Crippen molar-refractivity contribution >= 4 is 58.6 Å². The molecule has 6 rings (SSSR count). The number of carbonyl (C=O) groups excluding carboxylic acids is 10. The van der Waals surface area contributed by atoms with E-state index in [0.29, 0.717) is 41.5 Å². The summed E-state index contributed by atoms with van der Waals surface area (Å²) in [6.45, 7) is 12.3. The van der Waals surface area contributed by atoms with Crippen LogP contribution in [0, 0.1) is 35.5 Å². The molecule has 89 heavy (non-hydrogen) atoms. The minimum absolute atomic E-state index is 0.00859. The number of phenols is 4. The number of hydrogen-bond acceptors (Lipinski definition) is 15. The van der Waals surface area contributed by atoms with Crippen LogP contribution in [-0.2, 0) is 73.6 Å². The summed E-state index contributed by atoms with van der Waals surface area (Å²) in [7, 11) is 1.63. The number of Topliss-reactive ketones (excluding diaryl/α,β-unsaturated/α-hetero) is 4. The van der Waals surface area contributed by atoms with Gasteiger partial charge >= 0.3 is 0 Å². The lowest BCUT2D eigenvalue weighted by atomic mass is 9.86. The van der Waals surface area contributed by atoms with E-state index in [4.69, 9.17) is 5.73 Å². The van der Waals surface area contributed by atoms with Crippen molar-refractivity contribution in [1.29, 1.82) is 0 Å². The van der Waals surface area contributed by atoms with Crippen molar-refractivity contribution in [1.82, 2.24) is 31.1 Å². The van der Waals surface area contributed by atoms with Gasteiger partial charge in [-0.3, -0.25) is 47.9 Å². The van der Waals surface area contributed by atoms with E-state index in [1.54, 1.807) is 97.1 Å². The highest BCUT2D eigenvalue weighted by atomic mass is 16.3. The lowest BCUT2D eigenvalue weighted by molar-refractivity contribution is -0.149. The summed E-state index contributed by atoms with van der Waals surface area (Å²) in [6.07, 6.45) is 0.108. The summed E-state index contributed by atoms with van der Waals surface area (Å²) in [5, 5.41) is 52.0. The average molecular weight is 1230 g/mol. The fraction of sp³-hybridized carbons (Fsp3) is 0.500. The Kier molecular flexibility index (Phi) is 24.8. The van der Waals surface area contributed by atoms with Crippen molar-refractivity contribution < 1.29 is 68.4 Å². The molecule has 4 aromatic rings. The maximum Gasteiger partial charge on any atom is 0.246 e. The Bertz CT molecular complexity index is 3150. The molecule has 21 heteroatoms. The number of nitrogens with zero attached hydrogens (tertiary/aromatic N) is 2. The van der Waals surface area contributed by atoms with E-state index in [2.05, 4.69) is 21.3 Å². The molecule has 0 spiro atoms. The summed E-state index contributed by atoms with van der Waals surface area (Å²) in [6, 6.07) is 18.8. The topological polar surface area (TPSA) is 332 Å². The number of hydrogen-bond donors (Lipinski definition) is 9. The molecule has 2 aliphatic rings. The molecule has 9 atom stereocenters. The SMILES string of the molecule is CNC(C)(C)C(=O)C[C@@H](Cc1ccc(O)cc1)C(=O)N[C@@H](Cc1ccc(O)cc1)C(=O)C[C@@H](C)C(=O)N[C@@H](Cc1ccc(O)cc1)C(=O)C[C@@H](Cc1ccc(O)cc1)C(=O)N1CCC[C@H]1C(=O)N1CCC[C@H]1C(=O)N[C@H](C(=O)C[C@H](C(N)=O)C(C)C)C(C)C. The number of amides is 6. The number of carbonyl (C=O) groups is 10. The van der Waals surface area contributed by atoms with Gasteiger partial charge in [0.15, 0.2) is 23.1 Å². The Hall–Kier alpha value is -8.46. The largest absolute Gasteiger partial charge is 0.508 e. The van der Waals surface area contributed by atoms with Gasteiger partial charge in [-0.05, 0) is 155 Å². The van der Waals surface area contributed by atoms with E-state index in [1.165, 1.54) is 65.3 Å². The predicted octanol–water partition coefficient (Wildman–Crippen LogP) is 5.33. The molecule has 2 aliphatic heterocycles. The van der Waals surface area contributed by atoms with Crippen LogP contribution in [0.2, 0.25) is 0 Å². The molecule has 0 radical (unpaired) electrons. The first-order valence-corrected chi connectivity index (χ1v) is 30.8. The Balaban J connectivity index is 1.23. The highest BCUT2D eigenvalue weighted by Crippen LogP contribution is 2.30. The third-order valence-corrected chi connectivity index (χ3v) is 17.4. The highest BCUT2D eigenvalue weighted by Gasteiger charge is 2.45. The molecular formula is C68H89N7O14. The van der Waals surface area contributed by atoms with Gasteiger partial charge in [-0.1, -0.05) is 83.1 Å². The van der Waals surface area contributed by atoms with Gasteiger partial charge in [0.1, 0.15) is 35.1 Å². The van der Waals surface area contributed by atoms with Gasteiger partial charge in [0.2, 0.25) is 35.4 Å². The van der Waals surface area contributed by atoms with Crippen LogP contribution in [-0.4, -0.2) is 145 Å². The number of nitrogens with two attached hydrogens (primary N) is 1.